The van der Waals surface area contributed by atoms with Crippen molar-refractivity contribution in [3.63, 3.8) is 0 Å². The van der Waals surface area contributed by atoms with Gasteiger partial charge in [0.1, 0.15) is 11.5 Å². The Morgan fingerprint density at radius 3 is 1.27 bits per heavy atom. The molecule has 0 aliphatic carbocycles. The molecule has 0 atom stereocenters. The highest BCUT2D eigenvalue weighted by molar-refractivity contribution is 5.67. The summed E-state index contributed by atoms with van der Waals surface area (Å²) in [6, 6.07) is 11.2. The minimum atomic E-state index is -0.968. The van der Waals surface area contributed by atoms with Crippen molar-refractivity contribution < 1.29 is 23.9 Å². The first kappa shape index (κ1) is 14.9. The molecule has 0 fully saturated rings. The standard InChI is InChI=1S/C13H8N2O7/c16-13(19-9-1-5-11(6-2-9)21-14-17)20-10-3-7-12(8-4-10)22-15-18/h1-8H. The van der Waals surface area contributed by atoms with E-state index in [2.05, 4.69) is 20.4 Å². The molecule has 0 aliphatic rings. The number of carbonyl (C=O) groups excluding carboxylic acids is 1. The molecular weight excluding hydrogens is 296 g/mol. The molecule has 2 rings (SSSR count). The Bertz CT molecular complexity index is 598. The first-order valence-corrected chi connectivity index (χ1v) is 5.80. The summed E-state index contributed by atoms with van der Waals surface area (Å²) in [5.74, 6) is 0.784. The van der Waals surface area contributed by atoms with Crippen LogP contribution < -0.4 is 19.1 Å². The first-order valence-electron chi connectivity index (χ1n) is 5.80. The number of hydrogen-bond acceptors (Lipinski definition) is 9. The highest BCUT2D eigenvalue weighted by atomic mass is 16.7. The molecular formula is C13H8N2O7. The van der Waals surface area contributed by atoms with Gasteiger partial charge in [-0.3, -0.25) is 0 Å². The predicted octanol–water partition coefficient (Wildman–Crippen LogP) is 3.38. The molecule has 0 amide bonds. The van der Waals surface area contributed by atoms with Gasteiger partial charge in [-0.05, 0) is 48.5 Å². The number of nitrogens with zero attached hydrogens (tertiary/aromatic N) is 2. The number of carbonyl (C=O) groups is 1. The van der Waals surface area contributed by atoms with E-state index in [-0.39, 0.29) is 23.0 Å². The number of hydrogen-bond donors (Lipinski definition) is 0. The predicted molar refractivity (Wildman–Crippen MR) is 72.4 cm³/mol. The lowest BCUT2D eigenvalue weighted by Crippen LogP contribution is -2.13. The topological polar surface area (TPSA) is 113 Å². The van der Waals surface area contributed by atoms with Crippen LogP contribution in [0.5, 0.6) is 23.0 Å². The molecule has 0 heterocycles. The lowest BCUT2D eigenvalue weighted by molar-refractivity contribution is 0.151. The third kappa shape index (κ3) is 4.27. The van der Waals surface area contributed by atoms with Gasteiger partial charge in [0.05, 0.1) is 0 Å². The number of ether oxygens (including phenoxy) is 2. The maximum absolute atomic E-state index is 11.6. The quantitative estimate of drug-likeness (QED) is 0.348. The van der Waals surface area contributed by atoms with E-state index in [4.69, 9.17) is 9.47 Å². The molecule has 22 heavy (non-hydrogen) atoms. The van der Waals surface area contributed by atoms with E-state index in [0.29, 0.717) is 0 Å². The van der Waals surface area contributed by atoms with E-state index >= 15 is 0 Å². The van der Waals surface area contributed by atoms with E-state index in [1.54, 1.807) is 0 Å². The number of benzene rings is 2. The van der Waals surface area contributed by atoms with E-state index in [1.807, 2.05) is 0 Å². The number of rotatable bonds is 6. The lowest BCUT2D eigenvalue weighted by Gasteiger charge is -2.06. The molecule has 0 aromatic heterocycles. The highest BCUT2D eigenvalue weighted by Crippen LogP contribution is 2.20. The Hall–Kier alpha value is -3.49. The second-order valence-corrected chi connectivity index (χ2v) is 3.73. The Balaban J connectivity index is 1.91. The molecule has 9 heteroatoms. The molecule has 9 nitrogen and oxygen atoms in total. The van der Waals surface area contributed by atoms with Gasteiger partial charge in [-0.15, -0.1) is 9.81 Å². The van der Waals surface area contributed by atoms with Crippen LogP contribution in [0.2, 0.25) is 0 Å². The van der Waals surface area contributed by atoms with Gasteiger partial charge in [-0.1, -0.05) is 0 Å². The monoisotopic (exact) mass is 304 g/mol. The highest BCUT2D eigenvalue weighted by Gasteiger charge is 2.08. The molecule has 0 aliphatic heterocycles. The summed E-state index contributed by atoms with van der Waals surface area (Å²) < 4.78 is 9.81. The van der Waals surface area contributed by atoms with E-state index in [9.17, 15) is 14.6 Å². The molecule has 2 aromatic carbocycles. The summed E-state index contributed by atoms with van der Waals surface area (Å²) in [5.41, 5.74) is 0. The van der Waals surface area contributed by atoms with Crippen LogP contribution in [0.25, 0.3) is 0 Å². The van der Waals surface area contributed by atoms with Crippen molar-refractivity contribution in [2.75, 3.05) is 0 Å². The van der Waals surface area contributed by atoms with Crippen LogP contribution in [0.4, 0.5) is 4.79 Å². The summed E-state index contributed by atoms with van der Waals surface area (Å²) >= 11 is 0. The maximum atomic E-state index is 11.6. The fourth-order valence-electron chi connectivity index (χ4n) is 1.44. The molecule has 0 spiro atoms. The van der Waals surface area contributed by atoms with Crippen LogP contribution in [0.1, 0.15) is 0 Å². The molecule has 0 bridgehead atoms. The van der Waals surface area contributed by atoms with Gasteiger partial charge in [0.2, 0.25) is 0 Å². The Morgan fingerprint density at radius 1 is 0.636 bits per heavy atom. The van der Waals surface area contributed by atoms with Crippen molar-refractivity contribution in [2.24, 2.45) is 10.7 Å². The second kappa shape index (κ2) is 7.33. The van der Waals surface area contributed by atoms with Gasteiger partial charge in [0, 0.05) is 0 Å². The summed E-state index contributed by atoms with van der Waals surface area (Å²) in [6.07, 6.45) is -0.968. The van der Waals surface area contributed by atoms with Crippen molar-refractivity contribution in [2.45, 2.75) is 0 Å². The molecule has 112 valence electrons. The van der Waals surface area contributed by atoms with Crippen LogP contribution in [-0.4, -0.2) is 6.16 Å². The van der Waals surface area contributed by atoms with E-state index in [0.717, 1.165) is 0 Å². The SMILES string of the molecule is O=NOc1ccc(OC(=O)Oc2ccc(ON=O)cc2)cc1. The largest absolute Gasteiger partial charge is 0.519 e. The Labute approximate surface area is 123 Å². The summed E-state index contributed by atoms with van der Waals surface area (Å²) in [5, 5.41) is 4.51. The zero-order valence-electron chi connectivity index (χ0n) is 10.9. The Morgan fingerprint density at radius 2 is 0.955 bits per heavy atom. The maximum Gasteiger partial charge on any atom is 0.519 e. The molecule has 0 N–H and O–H groups in total. The molecule has 2 aromatic rings. The second-order valence-electron chi connectivity index (χ2n) is 3.73. The zero-order chi connectivity index (χ0) is 15.8. The van der Waals surface area contributed by atoms with Gasteiger partial charge >= 0.3 is 6.16 Å². The van der Waals surface area contributed by atoms with Crippen molar-refractivity contribution in [1.29, 1.82) is 0 Å². The van der Waals surface area contributed by atoms with Crippen LogP contribution >= 0.6 is 0 Å². The summed E-state index contributed by atoms with van der Waals surface area (Å²) in [7, 11) is 0. The minimum Gasteiger partial charge on any atom is -0.395 e. The molecule has 0 saturated heterocycles. The van der Waals surface area contributed by atoms with Crippen LogP contribution in [0, 0.1) is 9.81 Å². The van der Waals surface area contributed by atoms with Gasteiger partial charge in [-0.2, -0.15) is 0 Å². The minimum absolute atomic E-state index is 0.188. The van der Waals surface area contributed by atoms with E-state index < -0.39 is 6.16 Å². The fraction of sp³-hybridized carbons (Fsp3) is 0. The van der Waals surface area contributed by atoms with E-state index in [1.165, 1.54) is 48.5 Å². The average molecular weight is 304 g/mol. The smallest absolute Gasteiger partial charge is 0.395 e. The zero-order valence-corrected chi connectivity index (χ0v) is 10.9. The van der Waals surface area contributed by atoms with Crippen molar-refractivity contribution in [3.05, 3.63) is 58.3 Å². The third-order valence-corrected chi connectivity index (χ3v) is 2.34. The molecule has 0 saturated carbocycles. The third-order valence-electron chi connectivity index (χ3n) is 2.34. The van der Waals surface area contributed by atoms with Crippen molar-refractivity contribution in [3.8, 4) is 23.0 Å². The van der Waals surface area contributed by atoms with Crippen LogP contribution in [0.3, 0.4) is 0 Å². The fourth-order valence-corrected chi connectivity index (χ4v) is 1.44. The van der Waals surface area contributed by atoms with Crippen molar-refractivity contribution >= 4 is 6.16 Å². The van der Waals surface area contributed by atoms with Gasteiger partial charge < -0.3 is 19.1 Å². The van der Waals surface area contributed by atoms with Crippen molar-refractivity contribution in [1.82, 2.24) is 0 Å². The van der Waals surface area contributed by atoms with Crippen LogP contribution in [0.15, 0.2) is 59.2 Å². The summed E-state index contributed by atoms with van der Waals surface area (Å²) in [6.45, 7) is 0. The van der Waals surface area contributed by atoms with Crippen LogP contribution in [-0.2, 0) is 0 Å². The lowest BCUT2D eigenvalue weighted by atomic mass is 10.3. The molecule has 0 radical (unpaired) electrons. The normalized spacial score (nSPS) is 9.45. The Kier molecular flexibility index (Phi) is 4.97. The molecule has 0 unspecified atom stereocenters. The van der Waals surface area contributed by atoms with Gasteiger partial charge in [0.25, 0.3) is 0 Å². The average Bonchev–Trinajstić information content (AvgIpc) is 2.52. The summed E-state index contributed by atoms with van der Waals surface area (Å²) in [4.78, 5) is 40.0. The van der Waals surface area contributed by atoms with Gasteiger partial charge in [0.15, 0.2) is 22.2 Å². The van der Waals surface area contributed by atoms with Gasteiger partial charge in [-0.25, -0.2) is 4.79 Å². The first-order chi connectivity index (χ1) is 10.7.